The fourth-order valence-corrected chi connectivity index (χ4v) is 2.80. The van der Waals surface area contributed by atoms with Gasteiger partial charge in [0.1, 0.15) is 11.9 Å². The van der Waals surface area contributed by atoms with Gasteiger partial charge in [0.05, 0.1) is 5.56 Å². The molecule has 0 aromatic carbocycles. The van der Waals surface area contributed by atoms with E-state index in [4.69, 9.17) is 0 Å². The van der Waals surface area contributed by atoms with Crippen LogP contribution >= 0.6 is 0 Å². The molecule has 0 saturated carbocycles. The highest BCUT2D eigenvalue weighted by Gasteiger charge is 2.29. The molecule has 0 radical (unpaired) electrons. The topological polar surface area (TPSA) is 39.9 Å². The van der Waals surface area contributed by atoms with E-state index in [0.717, 1.165) is 35.7 Å². The van der Waals surface area contributed by atoms with Crippen LogP contribution in [0.3, 0.4) is 0 Å². The minimum absolute atomic E-state index is 0.460. The number of hydrogen-bond donors (Lipinski definition) is 0. The Kier molecular flexibility index (Phi) is 3.80. The van der Waals surface area contributed by atoms with E-state index >= 15 is 0 Å². The van der Waals surface area contributed by atoms with Crippen LogP contribution in [0.2, 0.25) is 0 Å². The lowest BCUT2D eigenvalue weighted by molar-refractivity contribution is 0.237. The number of aryl methyl sites for hydroxylation is 2. The summed E-state index contributed by atoms with van der Waals surface area (Å²) in [7, 11) is 0. The van der Waals surface area contributed by atoms with Crippen LogP contribution in [-0.2, 0) is 0 Å². The summed E-state index contributed by atoms with van der Waals surface area (Å²) in [5.41, 5.74) is 3.23. The Labute approximate surface area is 116 Å². The number of hydrogen-bond acceptors (Lipinski definition) is 3. The Morgan fingerprint density at radius 2 is 2.00 bits per heavy atom. The van der Waals surface area contributed by atoms with Gasteiger partial charge in [-0.05, 0) is 43.7 Å². The largest absolute Gasteiger partial charge is 0.355 e. The second-order valence-electron chi connectivity index (χ2n) is 6.04. The molecule has 3 nitrogen and oxygen atoms in total. The minimum atomic E-state index is 0.460. The molecule has 0 spiro atoms. The van der Waals surface area contributed by atoms with Gasteiger partial charge in [0, 0.05) is 18.8 Å². The van der Waals surface area contributed by atoms with Gasteiger partial charge in [-0.2, -0.15) is 5.26 Å². The first kappa shape index (κ1) is 13.9. The molecule has 0 N–H and O–H groups in total. The zero-order chi connectivity index (χ0) is 14.0. The third-order valence-electron chi connectivity index (χ3n) is 4.56. The van der Waals surface area contributed by atoms with Crippen molar-refractivity contribution in [2.45, 2.75) is 47.0 Å². The normalized spacial score (nSPS) is 18.2. The van der Waals surface area contributed by atoms with E-state index in [2.05, 4.69) is 29.8 Å². The fourth-order valence-electron chi connectivity index (χ4n) is 2.80. The molecule has 0 unspecified atom stereocenters. The molecule has 2 heterocycles. The van der Waals surface area contributed by atoms with Crippen molar-refractivity contribution in [3.8, 4) is 6.07 Å². The summed E-state index contributed by atoms with van der Waals surface area (Å²) in [6.45, 7) is 10.6. The van der Waals surface area contributed by atoms with Crippen molar-refractivity contribution >= 4 is 5.82 Å². The van der Waals surface area contributed by atoms with Crippen LogP contribution in [0.15, 0.2) is 6.07 Å². The summed E-state index contributed by atoms with van der Waals surface area (Å²) in [5.74, 6) is 0.887. The van der Waals surface area contributed by atoms with E-state index < -0.39 is 0 Å². The van der Waals surface area contributed by atoms with Crippen molar-refractivity contribution in [1.82, 2.24) is 4.98 Å². The summed E-state index contributed by atoms with van der Waals surface area (Å²) in [5, 5.41) is 9.35. The number of nitriles is 1. The van der Waals surface area contributed by atoms with E-state index in [1.807, 2.05) is 19.9 Å². The van der Waals surface area contributed by atoms with Crippen molar-refractivity contribution in [3.63, 3.8) is 0 Å². The summed E-state index contributed by atoms with van der Waals surface area (Å²) in [6, 6.07) is 4.31. The van der Waals surface area contributed by atoms with Gasteiger partial charge >= 0.3 is 0 Å². The second kappa shape index (κ2) is 5.21. The van der Waals surface area contributed by atoms with Gasteiger partial charge in [0.2, 0.25) is 0 Å². The van der Waals surface area contributed by atoms with Gasteiger partial charge in [-0.3, -0.25) is 0 Å². The summed E-state index contributed by atoms with van der Waals surface area (Å²) < 4.78 is 0. The number of piperidine rings is 1. The van der Waals surface area contributed by atoms with Crippen LogP contribution in [0, 0.1) is 30.6 Å². The Balaban J connectivity index is 2.27. The minimum Gasteiger partial charge on any atom is -0.355 e. The lowest BCUT2D eigenvalue weighted by atomic mass is 9.78. The second-order valence-corrected chi connectivity index (χ2v) is 6.04. The van der Waals surface area contributed by atoms with Crippen LogP contribution in [0.5, 0.6) is 0 Å². The molecule has 0 amide bonds. The molecule has 1 aromatic heterocycles. The first-order valence-corrected chi connectivity index (χ1v) is 7.12. The molecule has 2 rings (SSSR count). The predicted octanol–water partition coefficient (Wildman–Crippen LogP) is 3.59. The number of nitrogens with zero attached hydrogens (tertiary/aromatic N) is 3. The van der Waals surface area contributed by atoms with E-state index in [1.165, 1.54) is 19.3 Å². The van der Waals surface area contributed by atoms with Crippen LogP contribution in [-0.4, -0.2) is 18.1 Å². The predicted molar refractivity (Wildman–Crippen MR) is 78.3 cm³/mol. The van der Waals surface area contributed by atoms with Crippen molar-refractivity contribution < 1.29 is 0 Å². The smallest absolute Gasteiger partial charge is 0.147 e. The van der Waals surface area contributed by atoms with Gasteiger partial charge in [0.15, 0.2) is 0 Å². The van der Waals surface area contributed by atoms with Crippen molar-refractivity contribution in [3.05, 3.63) is 22.9 Å². The molecule has 1 fully saturated rings. The van der Waals surface area contributed by atoms with Gasteiger partial charge in [-0.15, -0.1) is 0 Å². The highest BCUT2D eigenvalue weighted by atomic mass is 15.2. The van der Waals surface area contributed by atoms with Crippen LogP contribution in [0.4, 0.5) is 5.82 Å². The lowest BCUT2D eigenvalue weighted by Crippen LogP contribution is -2.39. The van der Waals surface area contributed by atoms with Crippen molar-refractivity contribution in [2.75, 3.05) is 18.0 Å². The van der Waals surface area contributed by atoms with Gasteiger partial charge in [-0.1, -0.05) is 20.3 Å². The van der Waals surface area contributed by atoms with Crippen LogP contribution in [0.1, 0.15) is 49.9 Å². The van der Waals surface area contributed by atoms with E-state index in [9.17, 15) is 5.26 Å². The molecule has 19 heavy (non-hydrogen) atoms. The quantitative estimate of drug-likeness (QED) is 0.813. The maximum Gasteiger partial charge on any atom is 0.147 e. The maximum absolute atomic E-state index is 9.35. The molecule has 0 aliphatic carbocycles. The molecule has 0 atom stereocenters. The average molecular weight is 257 g/mol. The first-order chi connectivity index (χ1) is 8.99. The molecule has 1 aliphatic heterocycles. The number of rotatable bonds is 2. The summed E-state index contributed by atoms with van der Waals surface area (Å²) in [4.78, 5) is 6.89. The SMILES string of the molecule is CCC1(C)CCN(c2nc(C)cc(C)c2C#N)CC1. The standard InChI is InChI=1S/C16H23N3/c1-5-16(4)6-8-19(9-7-16)15-14(11-17)12(2)10-13(3)18-15/h10H,5-9H2,1-4H3. The molecule has 3 heteroatoms. The van der Waals surface area contributed by atoms with Crippen LogP contribution < -0.4 is 4.90 Å². The van der Waals surface area contributed by atoms with Crippen LogP contribution in [0.25, 0.3) is 0 Å². The third-order valence-corrected chi connectivity index (χ3v) is 4.56. The zero-order valence-electron chi connectivity index (χ0n) is 12.5. The summed E-state index contributed by atoms with van der Waals surface area (Å²) >= 11 is 0. The van der Waals surface area contributed by atoms with Crippen molar-refractivity contribution in [2.24, 2.45) is 5.41 Å². The number of pyridine rings is 1. The molecule has 1 saturated heterocycles. The molecule has 0 bridgehead atoms. The Morgan fingerprint density at radius 1 is 1.37 bits per heavy atom. The lowest BCUT2D eigenvalue weighted by Gasteiger charge is -2.39. The molecule has 1 aliphatic rings. The molecular weight excluding hydrogens is 234 g/mol. The van der Waals surface area contributed by atoms with E-state index in [-0.39, 0.29) is 0 Å². The first-order valence-electron chi connectivity index (χ1n) is 7.12. The molecule has 1 aromatic rings. The van der Waals surface area contributed by atoms with Gasteiger partial charge in [0.25, 0.3) is 0 Å². The highest BCUT2D eigenvalue weighted by molar-refractivity contribution is 5.58. The molecule has 102 valence electrons. The fraction of sp³-hybridized carbons (Fsp3) is 0.625. The zero-order valence-corrected chi connectivity index (χ0v) is 12.5. The Hall–Kier alpha value is -1.56. The number of anilines is 1. The summed E-state index contributed by atoms with van der Waals surface area (Å²) in [6.07, 6.45) is 3.60. The monoisotopic (exact) mass is 257 g/mol. The Morgan fingerprint density at radius 3 is 2.53 bits per heavy atom. The maximum atomic E-state index is 9.35. The Bertz CT molecular complexity index is 505. The van der Waals surface area contributed by atoms with Crippen molar-refractivity contribution in [1.29, 1.82) is 5.26 Å². The average Bonchev–Trinajstić information content (AvgIpc) is 2.39. The highest BCUT2D eigenvalue weighted by Crippen LogP contribution is 2.36. The third kappa shape index (κ3) is 2.73. The van der Waals surface area contributed by atoms with E-state index in [0.29, 0.717) is 5.41 Å². The number of aromatic nitrogens is 1. The van der Waals surface area contributed by atoms with Gasteiger partial charge < -0.3 is 4.90 Å². The van der Waals surface area contributed by atoms with Gasteiger partial charge in [-0.25, -0.2) is 4.98 Å². The molecular formula is C16H23N3. The van der Waals surface area contributed by atoms with E-state index in [1.54, 1.807) is 0 Å².